The number of aryl methyl sites for hydroxylation is 1. The quantitative estimate of drug-likeness (QED) is 0.642. The minimum atomic E-state index is -0.00317. The summed E-state index contributed by atoms with van der Waals surface area (Å²) in [4.78, 5) is 13.2. The monoisotopic (exact) mass is 372 g/mol. The number of thioether (sulfide) groups is 1. The van der Waals surface area contributed by atoms with E-state index in [-0.39, 0.29) is 5.91 Å². The van der Waals surface area contributed by atoms with Gasteiger partial charge in [-0.1, -0.05) is 42.1 Å². The highest BCUT2D eigenvalue weighted by atomic mass is 32.2. The number of nitrogens with one attached hydrogen (secondary N) is 1. The minimum absolute atomic E-state index is 0.00317. The fraction of sp³-hybridized carbons (Fsp3) is 0.278. The summed E-state index contributed by atoms with van der Waals surface area (Å²) in [5.41, 5.74) is 2.32. The van der Waals surface area contributed by atoms with Gasteiger partial charge in [0.15, 0.2) is 11.0 Å². The number of amides is 1. The van der Waals surface area contributed by atoms with Crippen LogP contribution in [0.15, 0.2) is 46.9 Å². The van der Waals surface area contributed by atoms with Crippen LogP contribution in [0.1, 0.15) is 18.1 Å². The first kappa shape index (κ1) is 17.7. The molecule has 7 heteroatoms. The molecule has 130 valence electrons. The first-order chi connectivity index (χ1) is 12.2. The first-order valence-corrected chi connectivity index (χ1v) is 9.96. The molecule has 0 spiro atoms. The highest BCUT2D eigenvalue weighted by molar-refractivity contribution is 7.99. The Morgan fingerprint density at radius 2 is 2.08 bits per heavy atom. The van der Waals surface area contributed by atoms with Gasteiger partial charge in [0.1, 0.15) is 0 Å². The molecule has 0 bridgehead atoms. The Balaban J connectivity index is 1.58. The summed E-state index contributed by atoms with van der Waals surface area (Å²) in [5.74, 6) is 1.19. The Kier molecular flexibility index (Phi) is 5.88. The summed E-state index contributed by atoms with van der Waals surface area (Å²) in [6.45, 7) is 5.43. The molecule has 0 atom stereocenters. The van der Waals surface area contributed by atoms with Crippen molar-refractivity contribution >= 4 is 29.0 Å². The van der Waals surface area contributed by atoms with E-state index in [0.717, 1.165) is 28.0 Å². The molecule has 0 saturated carbocycles. The normalized spacial score (nSPS) is 10.8. The highest BCUT2D eigenvalue weighted by Crippen LogP contribution is 2.27. The average Bonchev–Trinajstić information content (AvgIpc) is 3.28. The zero-order valence-electron chi connectivity index (χ0n) is 14.2. The molecule has 5 nitrogen and oxygen atoms in total. The molecule has 0 aliphatic rings. The van der Waals surface area contributed by atoms with Gasteiger partial charge in [-0.2, -0.15) is 0 Å². The largest absolute Gasteiger partial charge is 0.351 e. The summed E-state index contributed by atoms with van der Waals surface area (Å²) in [6.07, 6.45) is 0. The van der Waals surface area contributed by atoms with Crippen LogP contribution in [-0.4, -0.2) is 26.4 Å². The van der Waals surface area contributed by atoms with Gasteiger partial charge in [0, 0.05) is 13.1 Å². The van der Waals surface area contributed by atoms with Gasteiger partial charge in [-0.15, -0.1) is 21.5 Å². The minimum Gasteiger partial charge on any atom is -0.351 e. The van der Waals surface area contributed by atoms with E-state index in [4.69, 9.17) is 0 Å². The summed E-state index contributed by atoms with van der Waals surface area (Å²) in [6, 6.07) is 12.1. The SMILES string of the molecule is CCn1c(SCC(=O)NCc2ccccc2C)nnc1-c1cccs1. The molecule has 0 saturated heterocycles. The Morgan fingerprint density at radius 1 is 1.24 bits per heavy atom. The van der Waals surface area contributed by atoms with Crippen LogP contribution in [-0.2, 0) is 17.9 Å². The number of benzene rings is 1. The standard InChI is InChI=1S/C18H20N4OS2/c1-3-22-17(15-9-6-10-24-15)20-21-18(22)25-12-16(23)19-11-14-8-5-4-7-13(14)2/h4-10H,3,11-12H2,1-2H3,(H,19,23). The van der Waals surface area contributed by atoms with Crippen molar-refractivity contribution in [3.63, 3.8) is 0 Å². The van der Waals surface area contributed by atoms with Gasteiger partial charge in [-0.05, 0) is 36.4 Å². The lowest BCUT2D eigenvalue weighted by molar-refractivity contribution is -0.118. The lowest BCUT2D eigenvalue weighted by Crippen LogP contribution is -2.25. The van der Waals surface area contributed by atoms with Crippen LogP contribution in [0.4, 0.5) is 0 Å². The maximum absolute atomic E-state index is 12.1. The fourth-order valence-electron chi connectivity index (χ4n) is 2.45. The van der Waals surface area contributed by atoms with Crippen molar-refractivity contribution in [2.24, 2.45) is 0 Å². The van der Waals surface area contributed by atoms with Gasteiger partial charge in [-0.25, -0.2) is 0 Å². The Labute approximate surface area is 155 Å². The van der Waals surface area contributed by atoms with Crippen LogP contribution in [0.25, 0.3) is 10.7 Å². The van der Waals surface area contributed by atoms with Crippen LogP contribution >= 0.6 is 23.1 Å². The van der Waals surface area contributed by atoms with Crippen LogP contribution in [0.5, 0.6) is 0 Å². The predicted octanol–water partition coefficient (Wildman–Crippen LogP) is 3.74. The number of hydrogen-bond donors (Lipinski definition) is 1. The molecule has 0 aliphatic heterocycles. The first-order valence-electron chi connectivity index (χ1n) is 8.10. The van der Waals surface area contributed by atoms with Crippen molar-refractivity contribution in [3.8, 4) is 10.7 Å². The van der Waals surface area contributed by atoms with E-state index in [0.29, 0.717) is 12.3 Å². The number of carbonyl (C=O) groups excluding carboxylic acids is 1. The fourth-order valence-corrected chi connectivity index (χ4v) is 4.00. The molecule has 3 rings (SSSR count). The van der Waals surface area contributed by atoms with E-state index in [9.17, 15) is 4.79 Å². The van der Waals surface area contributed by atoms with E-state index < -0.39 is 0 Å². The number of thiophene rings is 1. The van der Waals surface area contributed by atoms with Gasteiger partial charge in [0.25, 0.3) is 0 Å². The smallest absolute Gasteiger partial charge is 0.230 e. The van der Waals surface area contributed by atoms with E-state index in [1.807, 2.05) is 53.3 Å². The van der Waals surface area contributed by atoms with Crippen LogP contribution in [0.3, 0.4) is 0 Å². The Morgan fingerprint density at radius 3 is 2.80 bits per heavy atom. The van der Waals surface area contributed by atoms with Crippen molar-refractivity contribution < 1.29 is 4.79 Å². The van der Waals surface area contributed by atoms with Gasteiger partial charge in [0.2, 0.25) is 5.91 Å². The predicted molar refractivity (Wildman–Crippen MR) is 103 cm³/mol. The maximum atomic E-state index is 12.1. The Hall–Kier alpha value is -2.12. The van der Waals surface area contributed by atoms with Crippen molar-refractivity contribution in [1.82, 2.24) is 20.1 Å². The average molecular weight is 373 g/mol. The molecule has 2 heterocycles. The third-order valence-corrected chi connectivity index (χ3v) is 5.68. The molecule has 0 radical (unpaired) electrons. The third-order valence-electron chi connectivity index (χ3n) is 3.84. The molecular formula is C18H20N4OS2. The number of nitrogens with zero attached hydrogens (tertiary/aromatic N) is 3. The zero-order valence-corrected chi connectivity index (χ0v) is 15.9. The number of carbonyl (C=O) groups is 1. The second-order valence-electron chi connectivity index (χ2n) is 5.52. The molecule has 3 aromatic rings. The molecule has 2 aromatic heterocycles. The molecule has 1 N–H and O–H groups in total. The lowest BCUT2D eigenvalue weighted by atomic mass is 10.1. The zero-order chi connectivity index (χ0) is 17.6. The van der Waals surface area contributed by atoms with E-state index >= 15 is 0 Å². The van der Waals surface area contributed by atoms with Crippen molar-refractivity contribution in [1.29, 1.82) is 0 Å². The number of rotatable bonds is 7. The molecular weight excluding hydrogens is 352 g/mol. The van der Waals surface area contributed by atoms with Crippen LogP contribution in [0.2, 0.25) is 0 Å². The van der Waals surface area contributed by atoms with Crippen LogP contribution < -0.4 is 5.32 Å². The van der Waals surface area contributed by atoms with Gasteiger partial charge >= 0.3 is 0 Å². The lowest BCUT2D eigenvalue weighted by Gasteiger charge is -2.08. The van der Waals surface area contributed by atoms with Crippen molar-refractivity contribution in [2.75, 3.05) is 5.75 Å². The molecule has 25 heavy (non-hydrogen) atoms. The van der Waals surface area contributed by atoms with E-state index in [2.05, 4.69) is 22.4 Å². The second kappa shape index (κ2) is 8.31. The van der Waals surface area contributed by atoms with Crippen molar-refractivity contribution in [3.05, 3.63) is 52.9 Å². The third kappa shape index (κ3) is 4.29. The molecule has 1 amide bonds. The van der Waals surface area contributed by atoms with E-state index in [1.165, 1.54) is 17.3 Å². The highest BCUT2D eigenvalue weighted by Gasteiger charge is 2.15. The van der Waals surface area contributed by atoms with Crippen molar-refractivity contribution in [2.45, 2.75) is 32.1 Å². The molecule has 0 unspecified atom stereocenters. The Bertz CT molecular complexity index is 843. The van der Waals surface area contributed by atoms with Crippen LogP contribution in [0, 0.1) is 6.92 Å². The number of aromatic nitrogens is 3. The molecule has 0 aliphatic carbocycles. The van der Waals surface area contributed by atoms with Gasteiger partial charge in [-0.3, -0.25) is 4.79 Å². The summed E-state index contributed by atoms with van der Waals surface area (Å²) >= 11 is 3.06. The molecule has 0 fully saturated rings. The van der Waals surface area contributed by atoms with Gasteiger partial charge in [0.05, 0.1) is 10.6 Å². The summed E-state index contributed by atoms with van der Waals surface area (Å²) < 4.78 is 2.05. The second-order valence-corrected chi connectivity index (χ2v) is 7.41. The maximum Gasteiger partial charge on any atom is 0.230 e. The number of hydrogen-bond acceptors (Lipinski definition) is 5. The summed E-state index contributed by atoms with van der Waals surface area (Å²) in [5, 5.41) is 14.3. The van der Waals surface area contributed by atoms with E-state index in [1.54, 1.807) is 11.3 Å². The molecule has 1 aromatic carbocycles. The summed E-state index contributed by atoms with van der Waals surface area (Å²) in [7, 11) is 0. The topological polar surface area (TPSA) is 59.8 Å². The van der Waals surface area contributed by atoms with Gasteiger partial charge < -0.3 is 9.88 Å².